The van der Waals surface area contributed by atoms with Crippen LogP contribution in [0.15, 0.2) is 29.6 Å². The molecule has 1 saturated heterocycles. The van der Waals surface area contributed by atoms with E-state index in [2.05, 4.69) is 17.3 Å². The molecule has 0 atom stereocenters. The van der Waals surface area contributed by atoms with Crippen LogP contribution in [-0.4, -0.2) is 58.0 Å². The molecule has 2 N–H and O–H groups in total. The van der Waals surface area contributed by atoms with Crippen molar-refractivity contribution >= 4 is 44.8 Å². The number of nitrogens with one attached hydrogen (secondary N) is 1. The maximum Gasteiger partial charge on any atom is 0.167 e. The topological polar surface area (TPSA) is 78.4 Å². The van der Waals surface area contributed by atoms with E-state index in [1.807, 2.05) is 29.6 Å². The Morgan fingerprint density at radius 1 is 1.15 bits per heavy atom. The summed E-state index contributed by atoms with van der Waals surface area (Å²) < 4.78 is 1.06. The van der Waals surface area contributed by atoms with E-state index in [0.717, 1.165) is 79.0 Å². The highest BCUT2D eigenvalue weighted by atomic mass is 35.5. The van der Waals surface area contributed by atoms with Gasteiger partial charge in [0.2, 0.25) is 0 Å². The van der Waals surface area contributed by atoms with Gasteiger partial charge in [0.1, 0.15) is 11.6 Å². The minimum absolute atomic E-state index is 0.0541. The number of carbonyl (C=O) groups excluding carboxylic acids is 1. The number of aliphatic hydroxyl groups excluding tert-OH is 1. The van der Waals surface area contributed by atoms with Crippen LogP contribution >= 0.6 is 22.9 Å². The lowest BCUT2D eigenvalue weighted by molar-refractivity contribution is 0.0857. The van der Waals surface area contributed by atoms with Crippen LogP contribution in [0, 0.1) is 5.92 Å². The number of ketones is 1. The summed E-state index contributed by atoms with van der Waals surface area (Å²) >= 11 is 8.23. The number of halogens is 1. The maximum atomic E-state index is 13.0. The van der Waals surface area contributed by atoms with Crippen molar-refractivity contribution in [2.75, 3.05) is 25.5 Å². The molecule has 0 spiro atoms. The second-order valence-electron chi connectivity index (χ2n) is 9.71. The van der Waals surface area contributed by atoms with E-state index in [-0.39, 0.29) is 17.8 Å². The van der Waals surface area contributed by atoms with Crippen LogP contribution in [0.2, 0.25) is 5.02 Å². The van der Waals surface area contributed by atoms with E-state index in [1.165, 1.54) is 0 Å². The Morgan fingerprint density at radius 2 is 1.91 bits per heavy atom. The highest BCUT2D eigenvalue weighted by Crippen LogP contribution is 2.31. The lowest BCUT2D eigenvalue weighted by Gasteiger charge is -2.28. The summed E-state index contributed by atoms with van der Waals surface area (Å²) in [6, 6.07) is 8.08. The summed E-state index contributed by atoms with van der Waals surface area (Å²) in [5.74, 6) is 1.81. The number of rotatable bonds is 6. The molecule has 1 aliphatic carbocycles. The molecule has 180 valence electrons. The van der Waals surface area contributed by atoms with Crippen molar-refractivity contribution in [3.8, 4) is 0 Å². The number of carbonyl (C=O) groups is 1. The Labute approximate surface area is 209 Å². The second-order valence-corrected chi connectivity index (χ2v) is 11.0. The Bertz CT molecular complexity index is 1170. The molecule has 1 aliphatic heterocycles. The Hall–Kier alpha value is -2.06. The fourth-order valence-electron chi connectivity index (χ4n) is 5.04. The van der Waals surface area contributed by atoms with Crippen molar-refractivity contribution in [1.82, 2.24) is 14.9 Å². The Balaban J connectivity index is 1.33. The largest absolute Gasteiger partial charge is 0.393 e. The van der Waals surface area contributed by atoms with Crippen molar-refractivity contribution in [2.45, 2.75) is 57.1 Å². The number of likely N-dealkylation sites (tertiary alicyclic amines) is 1. The molecular weight excluding hydrogens is 468 g/mol. The van der Waals surface area contributed by atoms with Crippen molar-refractivity contribution in [1.29, 1.82) is 0 Å². The SMILES string of the molecule is CN1CCC(C(=O)c2ccc(Cc3nc(NC4CCC(O)CC4)c4sccc4n3)cc2Cl)CC1. The molecule has 0 unspecified atom stereocenters. The number of hydrogen-bond donors (Lipinski definition) is 2. The molecule has 2 aliphatic rings. The van der Waals surface area contributed by atoms with Crippen LogP contribution in [0.1, 0.15) is 60.3 Å². The molecule has 8 heteroatoms. The van der Waals surface area contributed by atoms with Crippen LogP contribution in [0.25, 0.3) is 10.2 Å². The summed E-state index contributed by atoms with van der Waals surface area (Å²) in [5.41, 5.74) is 2.55. The van der Waals surface area contributed by atoms with Gasteiger partial charge in [-0.05, 0) is 87.8 Å². The first-order valence-electron chi connectivity index (χ1n) is 12.2. The van der Waals surface area contributed by atoms with Crippen LogP contribution in [-0.2, 0) is 6.42 Å². The third-order valence-corrected chi connectivity index (χ3v) is 8.36. The zero-order valence-corrected chi connectivity index (χ0v) is 21.0. The van der Waals surface area contributed by atoms with E-state index in [0.29, 0.717) is 23.0 Å². The van der Waals surface area contributed by atoms with Crippen molar-refractivity contribution < 1.29 is 9.90 Å². The van der Waals surface area contributed by atoms with Gasteiger partial charge in [0.15, 0.2) is 5.78 Å². The van der Waals surface area contributed by atoms with Crippen LogP contribution < -0.4 is 5.32 Å². The van der Waals surface area contributed by atoms with E-state index >= 15 is 0 Å². The molecule has 34 heavy (non-hydrogen) atoms. The third kappa shape index (κ3) is 5.28. The minimum atomic E-state index is -0.181. The number of aromatic nitrogens is 2. The smallest absolute Gasteiger partial charge is 0.167 e. The van der Waals surface area contributed by atoms with E-state index in [1.54, 1.807) is 11.3 Å². The first kappa shape index (κ1) is 23.7. The molecule has 6 nitrogen and oxygen atoms in total. The Morgan fingerprint density at radius 3 is 2.65 bits per heavy atom. The van der Waals surface area contributed by atoms with E-state index in [4.69, 9.17) is 21.6 Å². The predicted octanol–water partition coefficient (Wildman–Crippen LogP) is 5.18. The van der Waals surface area contributed by atoms with Gasteiger partial charge in [0.25, 0.3) is 0 Å². The molecular formula is C26H31ClN4O2S. The van der Waals surface area contributed by atoms with Crippen molar-refractivity contribution in [2.24, 2.45) is 5.92 Å². The van der Waals surface area contributed by atoms with Gasteiger partial charge in [-0.25, -0.2) is 9.97 Å². The predicted molar refractivity (Wildman–Crippen MR) is 138 cm³/mol. The zero-order valence-electron chi connectivity index (χ0n) is 19.5. The van der Waals surface area contributed by atoms with Crippen LogP contribution in [0.4, 0.5) is 5.82 Å². The molecule has 2 aromatic heterocycles. The Kier molecular flexibility index (Phi) is 7.16. The summed E-state index contributed by atoms with van der Waals surface area (Å²) in [6.07, 6.45) is 5.67. The van der Waals surface area contributed by atoms with Gasteiger partial charge in [-0.3, -0.25) is 4.79 Å². The van der Waals surface area contributed by atoms with Gasteiger partial charge in [0, 0.05) is 23.9 Å². The van der Waals surface area contributed by atoms with Gasteiger partial charge in [-0.2, -0.15) is 0 Å². The minimum Gasteiger partial charge on any atom is -0.393 e. The molecule has 0 radical (unpaired) electrons. The number of nitrogens with zero attached hydrogens (tertiary/aromatic N) is 3. The summed E-state index contributed by atoms with van der Waals surface area (Å²) in [6.45, 7) is 1.90. The lowest BCUT2D eigenvalue weighted by atomic mass is 9.88. The van der Waals surface area contributed by atoms with E-state index in [9.17, 15) is 9.90 Å². The van der Waals surface area contributed by atoms with Gasteiger partial charge in [-0.15, -0.1) is 11.3 Å². The molecule has 3 heterocycles. The van der Waals surface area contributed by atoms with Crippen molar-refractivity contribution in [3.05, 3.63) is 51.6 Å². The van der Waals surface area contributed by atoms with Gasteiger partial charge in [-0.1, -0.05) is 17.7 Å². The molecule has 5 rings (SSSR count). The first-order valence-corrected chi connectivity index (χ1v) is 13.4. The van der Waals surface area contributed by atoms with Gasteiger partial charge < -0.3 is 15.3 Å². The highest BCUT2D eigenvalue weighted by molar-refractivity contribution is 7.17. The number of fused-ring (bicyclic) bond motifs is 1. The molecule has 1 aromatic carbocycles. The number of Topliss-reactive ketones (excluding diaryl/α,β-unsaturated/α-hetero) is 1. The average Bonchev–Trinajstić information content (AvgIpc) is 3.30. The van der Waals surface area contributed by atoms with Gasteiger partial charge in [0.05, 0.1) is 21.3 Å². The fourth-order valence-corrected chi connectivity index (χ4v) is 6.12. The normalized spacial score (nSPS) is 22.2. The maximum absolute atomic E-state index is 13.0. The first-order chi connectivity index (χ1) is 16.5. The molecule has 2 fully saturated rings. The quantitative estimate of drug-likeness (QED) is 0.456. The number of piperidine rings is 1. The van der Waals surface area contributed by atoms with E-state index < -0.39 is 0 Å². The second kappa shape index (κ2) is 10.3. The number of thiophene rings is 1. The molecule has 1 saturated carbocycles. The average molecular weight is 499 g/mol. The molecule has 0 amide bonds. The number of benzene rings is 1. The summed E-state index contributed by atoms with van der Waals surface area (Å²) in [4.78, 5) is 24.9. The fraction of sp³-hybridized carbons (Fsp3) is 0.500. The lowest BCUT2D eigenvalue weighted by Crippen LogP contribution is -2.33. The standard InChI is InChI=1S/C26H31ClN4O2S/c1-31-11-8-17(9-12-31)24(33)20-7-2-16(14-21(20)27)15-23-29-22-10-13-34-25(22)26(30-23)28-18-3-5-19(32)6-4-18/h2,7,10,13-14,17-19,32H,3-6,8-9,11-12,15H2,1H3,(H,28,29,30). The molecule has 3 aromatic rings. The number of aliphatic hydroxyl groups is 1. The summed E-state index contributed by atoms with van der Waals surface area (Å²) in [7, 11) is 2.10. The third-order valence-electron chi connectivity index (χ3n) is 7.14. The highest BCUT2D eigenvalue weighted by Gasteiger charge is 2.26. The zero-order chi connectivity index (χ0) is 23.7. The molecule has 0 bridgehead atoms. The summed E-state index contributed by atoms with van der Waals surface area (Å²) in [5, 5.41) is 16.0. The number of anilines is 1. The number of hydrogen-bond acceptors (Lipinski definition) is 7. The monoisotopic (exact) mass is 498 g/mol. The van der Waals surface area contributed by atoms with Gasteiger partial charge >= 0.3 is 0 Å². The van der Waals surface area contributed by atoms with Crippen LogP contribution in [0.3, 0.4) is 0 Å². The van der Waals surface area contributed by atoms with Crippen molar-refractivity contribution in [3.63, 3.8) is 0 Å². The van der Waals surface area contributed by atoms with Crippen LogP contribution in [0.5, 0.6) is 0 Å².